The molecular formula is C46H54Cl2Zr-2. The molecule has 0 spiro atoms. The first-order chi connectivity index (χ1) is 22.1. The van der Waals surface area contributed by atoms with E-state index in [2.05, 4.69) is 184 Å². The van der Waals surface area contributed by atoms with E-state index in [9.17, 15) is 0 Å². The summed E-state index contributed by atoms with van der Waals surface area (Å²) in [5.74, 6) is 0. The summed E-state index contributed by atoms with van der Waals surface area (Å²) < 4.78 is 1.42. The zero-order valence-electron chi connectivity index (χ0n) is 31.3. The summed E-state index contributed by atoms with van der Waals surface area (Å²) in [4.78, 5) is 0. The van der Waals surface area contributed by atoms with Crippen LogP contribution in [-0.2, 0) is 53.3 Å². The van der Waals surface area contributed by atoms with Gasteiger partial charge in [0.1, 0.15) is 0 Å². The summed E-state index contributed by atoms with van der Waals surface area (Å²) >= 11 is 1.46. The van der Waals surface area contributed by atoms with Gasteiger partial charge in [-0.2, -0.15) is 47.0 Å². The van der Waals surface area contributed by atoms with Gasteiger partial charge in [-0.3, -0.25) is 0 Å². The van der Waals surface area contributed by atoms with Gasteiger partial charge in [-0.15, -0.1) is 11.1 Å². The van der Waals surface area contributed by atoms with Crippen LogP contribution in [0.4, 0.5) is 0 Å². The van der Waals surface area contributed by atoms with Crippen LogP contribution in [0.3, 0.4) is 0 Å². The Morgan fingerprint density at radius 3 is 1.65 bits per heavy atom. The first kappa shape index (κ1) is 42.7. The Balaban J connectivity index is 0.000000262. The third-order valence-corrected chi connectivity index (χ3v) is 10.2. The molecule has 5 aromatic rings. The van der Waals surface area contributed by atoms with Crippen molar-refractivity contribution in [2.75, 3.05) is 0 Å². The van der Waals surface area contributed by atoms with Crippen molar-refractivity contribution in [2.24, 2.45) is 0 Å². The molecule has 0 nitrogen and oxygen atoms in total. The van der Waals surface area contributed by atoms with Gasteiger partial charge < -0.3 is 24.8 Å². The third-order valence-electron chi connectivity index (χ3n) is 8.81. The minimum atomic E-state index is 0. The Bertz CT molecular complexity index is 1660. The molecule has 0 fully saturated rings. The van der Waals surface area contributed by atoms with Crippen LogP contribution in [-0.4, -0.2) is 3.21 Å². The zero-order chi connectivity index (χ0) is 34.4. The van der Waals surface area contributed by atoms with Gasteiger partial charge >= 0.3 is 99.2 Å². The molecule has 49 heavy (non-hydrogen) atoms. The number of hydrogen-bond acceptors (Lipinski definition) is 0. The average Bonchev–Trinajstić information content (AvgIpc) is 3.66. The van der Waals surface area contributed by atoms with Gasteiger partial charge in [-0.1, -0.05) is 111 Å². The maximum absolute atomic E-state index is 3.67. The maximum atomic E-state index is 3.67. The Morgan fingerprint density at radius 2 is 1.18 bits per heavy atom. The van der Waals surface area contributed by atoms with Gasteiger partial charge in [-0.25, -0.2) is 6.07 Å². The fourth-order valence-corrected chi connectivity index (χ4v) is 6.63. The van der Waals surface area contributed by atoms with Crippen LogP contribution in [0.5, 0.6) is 0 Å². The molecule has 0 atom stereocenters. The molecule has 0 amide bonds. The fourth-order valence-electron chi connectivity index (χ4n) is 5.81. The third kappa shape index (κ3) is 11.8. The monoisotopic (exact) mass is 766 g/mol. The number of rotatable bonds is 4. The molecule has 0 unspecified atom stereocenters. The van der Waals surface area contributed by atoms with Gasteiger partial charge in [0.2, 0.25) is 0 Å². The van der Waals surface area contributed by atoms with Gasteiger partial charge in [0.05, 0.1) is 0 Å². The number of benzene rings is 4. The summed E-state index contributed by atoms with van der Waals surface area (Å²) in [6, 6.07) is 43.1. The Labute approximate surface area is 325 Å². The second kappa shape index (κ2) is 18.2. The van der Waals surface area contributed by atoms with Crippen LogP contribution in [0.1, 0.15) is 120 Å². The summed E-state index contributed by atoms with van der Waals surface area (Å²) in [5.41, 5.74) is 14.6. The van der Waals surface area contributed by atoms with Crippen molar-refractivity contribution in [3.63, 3.8) is 0 Å². The average molecular weight is 769 g/mol. The molecule has 1 aliphatic rings. The molecule has 0 saturated carbocycles. The number of halogens is 2. The molecule has 258 valence electrons. The van der Waals surface area contributed by atoms with E-state index in [4.69, 9.17) is 0 Å². The van der Waals surface area contributed by atoms with Crippen LogP contribution < -0.4 is 24.8 Å². The van der Waals surface area contributed by atoms with E-state index in [1.807, 2.05) is 0 Å². The number of aryl methyl sites for hydroxylation is 1. The molecule has 0 radical (unpaired) electrons. The second-order valence-electron chi connectivity index (χ2n) is 15.9. The molecule has 0 N–H and O–H groups in total. The van der Waals surface area contributed by atoms with Crippen molar-refractivity contribution >= 4 is 3.21 Å². The molecule has 0 saturated heterocycles. The van der Waals surface area contributed by atoms with E-state index >= 15 is 0 Å². The van der Waals surface area contributed by atoms with Crippen LogP contribution in [0.2, 0.25) is 0 Å². The normalized spacial score (nSPS) is 11.8. The van der Waals surface area contributed by atoms with Gasteiger partial charge in [-0.05, 0) is 28.4 Å². The van der Waals surface area contributed by atoms with Gasteiger partial charge in [0, 0.05) is 0 Å². The minimum absolute atomic E-state index is 0. The van der Waals surface area contributed by atoms with Crippen LogP contribution >= 0.6 is 0 Å². The molecule has 0 bridgehead atoms. The number of hydrogen-bond donors (Lipinski definition) is 0. The van der Waals surface area contributed by atoms with Crippen LogP contribution in [0, 0.1) is 6.07 Å². The van der Waals surface area contributed by atoms with E-state index in [0.29, 0.717) is 5.41 Å². The Morgan fingerprint density at radius 1 is 0.653 bits per heavy atom. The topological polar surface area (TPSA) is 0 Å². The van der Waals surface area contributed by atoms with Crippen LogP contribution in [0.25, 0.3) is 11.1 Å². The predicted octanol–water partition coefficient (Wildman–Crippen LogP) is 6.12. The van der Waals surface area contributed by atoms with E-state index in [1.54, 1.807) is 0 Å². The molecule has 3 heteroatoms. The van der Waals surface area contributed by atoms with Crippen molar-refractivity contribution in [1.29, 1.82) is 0 Å². The van der Waals surface area contributed by atoms with Gasteiger partial charge in [0.15, 0.2) is 0 Å². The number of fused-ring (bicyclic) bond motifs is 3. The van der Waals surface area contributed by atoms with Crippen molar-refractivity contribution in [3.05, 3.63) is 160 Å². The van der Waals surface area contributed by atoms with E-state index in [0.717, 1.165) is 6.42 Å². The molecule has 0 heterocycles. The summed E-state index contributed by atoms with van der Waals surface area (Å²) in [5, 5.41) is 0. The van der Waals surface area contributed by atoms with Crippen LogP contribution in [0.15, 0.2) is 109 Å². The SMILES string of the molecule is CC(C)(C)c1[c-]c2c(cc1)-c1ccc(C(C)(C)C)cc1C2.CCCc1cc(C(C)(C)C)c[cH-]1.[Cl-].[Cl-].[Zr+2]=[C](c1ccccc1)c1ccccc1. The second-order valence-corrected chi connectivity index (χ2v) is 17.2. The van der Waals surface area contributed by atoms with E-state index < -0.39 is 0 Å². The Hall–Kier alpha value is -2.44. The summed E-state index contributed by atoms with van der Waals surface area (Å²) in [6.45, 7) is 22.6. The molecule has 1 aliphatic carbocycles. The standard InChI is InChI=1S/C21H25.C13H10.C12H19.2ClH.Zr/c1-20(2,3)16-7-9-18-14(12-16)11-15-13-17(21(4,5)6)8-10-19(15)18;1-3-7-12(8-4-1)11-13-9-5-2-6-10-13;1-5-6-10-7-8-11(9-10)12(2,3)4;;;/h7-10,12H,11H2,1-6H3;1-10H;7-9H,5-6H2,1-4H3;2*1H;/q-1;;-1;;;+2/p-2. The Kier molecular flexibility index (Phi) is 15.8. The molecule has 0 aromatic heterocycles. The molecule has 0 aliphatic heterocycles. The van der Waals surface area contributed by atoms with E-state index in [-0.39, 0.29) is 35.6 Å². The van der Waals surface area contributed by atoms with Crippen molar-refractivity contribution in [2.45, 2.75) is 105 Å². The summed E-state index contributed by atoms with van der Waals surface area (Å²) in [7, 11) is 0. The van der Waals surface area contributed by atoms with Crippen molar-refractivity contribution in [1.82, 2.24) is 0 Å². The van der Waals surface area contributed by atoms with Crippen molar-refractivity contribution < 1.29 is 49.0 Å². The molecule has 6 rings (SSSR count). The van der Waals surface area contributed by atoms with E-state index in [1.165, 1.54) is 95.9 Å². The zero-order valence-corrected chi connectivity index (χ0v) is 35.2. The van der Waals surface area contributed by atoms with Crippen molar-refractivity contribution in [3.8, 4) is 11.1 Å². The van der Waals surface area contributed by atoms with Gasteiger partial charge in [0.25, 0.3) is 0 Å². The first-order valence-electron chi connectivity index (χ1n) is 17.2. The molecule has 5 aromatic carbocycles. The summed E-state index contributed by atoms with van der Waals surface area (Å²) in [6.07, 6.45) is 3.49. The fraction of sp³-hybridized carbons (Fsp3) is 0.348. The molecular weight excluding hydrogens is 715 g/mol. The quantitative estimate of drug-likeness (QED) is 0.190. The first-order valence-corrected chi connectivity index (χ1v) is 18.5. The predicted molar refractivity (Wildman–Crippen MR) is 202 cm³/mol.